The molecule has 0 aromatic carbocycles. The number of amides is 1. The van der Waals surface area contributed by atoms with Crippen molar-refractivity contribution >= 4 is 5.91 Å². The average Bonchev–Trinajstić information content (AvgIpc) is 2.26. The van der Waals surface area contributed by atoms with Gasteiger partial charge in [0.25, 0.3) is 0 Å². The number of hydrogen-bond acceptors (Lipinski definition) is 3. The average molecular weight is 199 g/mol. The van der Waals surface area contributed by atoms with E-state index in [2.05, 4.69) is 31.1 Å². The van der Waals surface area contributed by atoms with E-state index in [9.17, 15) is 4.79 Å². The van der Waals surface area contributed by atoms with Crippen LogP contribution >= 0.6 is 0 Å². The van der Waals surface area contributed by atoms with Gasteiger partial charge in [0.05, 0.1) is 0 Å². The summed E-state index contributed by atoms with van der Waals surface area (Å²) in [4.78, 5) is 13.3. The second-order valence-electron chi connectivity index (χ2n) is 4.42. The molecular weight excluding hydrogens is 178 g/mol. The SMILES string of the molecule is CCNC1(CC(N)=O)CC(C)N(C)C1. The molecule has 1 fully saturated rings. The van der Waals surface area contributed by atoms with Gasteiger partial charge in [-0.25, -0.2) is 0 Å². The third-order valence-corrected chi connectivity index (χ3v) is 3.06. The van der Waals surface area contributed by atoms with Crippen LogP contribution in [0.2, 0.25) is 0 Å². The Bertz CT molecular complexity index is 207. The third-order valence-electron chi connectivity index (χ3n) is 3.06. The molecule has 1 aliphatic heterocycles. The molecule has 1 heterocycles. The van der Waals surface area contributed by atoms with Gasteiger partial charge >= 0.3 is 0 Å². The molecule has 2 atom stereocenters. The first kappa shape index (κ1) is 11.5. The van der Waals surface area contributed by atoms with Crippen molar-refractivity contribution in [3.8, 4) is 0 Å². The Kier molecular flexibility index (Phi) is 3.50. The molecule has 4 nitrogen and oxygen atoms in total. The van der Waals surface area contributed by atoms with E-state index in [-0.39, 0.29) is 11.4 Å². The van der Waals surface area contributed by atoms with Gasteiger partial charge < -0.3 is 16.0 Å². The van der Waals surface area contributed by atoms with Crippen molar-refractivity contribution in [1.82, 2.24) is 10.2 Å². The fourth-order valence-corrected chi connectivity index (χ4v) is 2.45. The van der Waals surface area contributed by atoms with Gasteiger partial charge in [0.2, 0.25) is 5.91 Å². The quantitative estimate of drug-likeness (QED) is 0.666. The fourth-order valence-electron chi connectivity index (χ4n) is 2.45. The Labute approximate surface area is 85.8 Å². The van der Waals surface area contributed by atoms with E-state index in [0.717, 1.165) is 19.5 Å². The monoisotopic (exact) mass is 199 g/mol. The summed E-state index contributed by atoms with van der Waals surface area (Å²) < 4.78 is 0. The van der Waals surface area contributed by atoms with Crippen molar-refractivity contribution in [3.63, 3.8) is 0 Å². The molecule has 0 radical (unpaired) electrons. The van der Waals surface area contributed by atoms with Crippen LogP contribution in [0.25, 0.3) is 0 Å². The molecule has 1 rings (SSSR count). The van der Waals surface area contributed by atoms with E-state index < -0.39 is 0 Å². The van der Waals surface area contributed by atoms with Crippen molar-refractivity contribution in [2.45, 2.75) is 38.3 Å². The van der Waals surface area contributed by atoms with Crippen LogP contribution in [-0.2, 0) is 4.79 Å². The summed E-state index contributed by atoms with van der Waals surface area (Å²) in [5.41, 5.74) is 5.19. The molecule has 0 aliphatic carbocycles. The highest BCUT2D eigenvalue weighted by Crippen LogP contribution is 2.28. The highest BCUT2D eigenvalue weighted by molar-refractivity contribution is 5.75. The van der Waals surface area contributed by atoms with Crippen molar-refractivity contribution in [2.75, 3.05) is 20.1 Å². The number of nitrogens with two attached hydrogens (primary N) is 1. The first-order valence-corrected chi connectivity index (χ1v) is 5.22. The molecule has 0 spiro atoms. The second kappa shape index (κ2) is 4.28. The minimum absolute atomic E-state index is 0.0885. The zero-order chi connectivity index (χ0) is 10.8. The molecule has 0 bridgehead atoms. The highest BCUT2D eigenvalue weighted by atomic mass is 16.1. The molecular formula is C10H21N3O. The number of carbonyl (C=O) groups excluding carboxylic acids is 1. The highest BCUT2D eigenvalue weighted by Gasteiger charge is 2.40. The first-order chi connectivity index (χ1) is 6.49. The number of primary amides is 1. The van der Waals surface area contributed by atoms with E-state index in [0.29, 0.717) is 12.5 Å². The van der Waals surface area contributed by atoms with E-state index in [1.807, 2.05) is 0 Å². The molecule has 0 aromatic rings. The summed E-state index contributed by atoms with van der Waals surface area (Å²) in [6.45, 7) is 6.03. The van der Waals surface area contributed by atoms with Crippen LogP contribution in [0, 0.1) is 0 Å². The lowest BCUT2D eigenvalue weighted by Gasteiger charge is -2.28. The summed E-state index contributed by atoms with van der Waals surface area (Å²) in [6.07, 6.45) is 1.44. The largest absolute Gasteiger partial charge is 0.370 e. The predicted octanol–water partition coefficient (Wildman–Crippen LogP) is -0.0659. The summed E-state index contributed by atoms with van der Waals surface area (Å²) in [7, 11) is 2.09. The third kappa shape index (κ3) is 2.45. The van der Waals surface area contributed by atoms with Crippen LogP contribution in [0.5, 0.6) is 0 Å². The zero-order valence-corrected chi connectivity index (χ0v) is 9.34. The van der Waals surface area contributed by atoms with Crippen LogP contribution in [0.1, 0.15) is 26.7 Å². The molecule has 2 unspecified atom stereocenters. The number of likely N-dealkylation sites (tertiary alicyclic amines) is 1. The van der Waals surface area contributed by atoms with Gasteiger partial charge in [0.1, 0.15) is 0 Å². The lowest BCUT2D eigenvalue weighted by atomic mass is 9.92. The fraction of sp³-hybridized carbons (Fsp3) is 0.900. The summed E-state index contributed by atoms with van der Waals surface area (Å²) in [6, 6.07) is 0.522. The predicted molar refractivity (Wildman–Crippen MR) is 56.9 cm³/mol. The number of nitrogens with zero attached hydrogens (tertiary/aromatic N) is 1. The summed E-state index contributed by atoms with van der Waals surface area (Å²) in [5.74, 6) is -0.214. The Hall–Kier alpha value is -0.610. The number of rotatable bonds is 4. The molecule has 1 amide bonds. The number of nitrogens with one attached hydrogen (secondary N) is 1. The van der Waals surface area contributed by atoms with Gasteiger partial charge in [-0.15, -0.1) is 0 Å². The topological polar surface area (TPSA) is 58.4 Å². The minimum atomic E-state index is -0.214. The van der Waals surface area contributed by atoms with Crippen molar-refractivity contribution in [2.24, 2.45) is 5.73 Å². The number of likely N-dealkylation sites (N-methyl/N-ethyl adjacent to an activating group) is 2. The smallest absolute Gasteiger partial charge is 0.219 e. The van der Waals surface area contributed by atoms with E-state index in [1.165, 1.54) is 0 Å². The van der Waals surface area contributed by atoms with Gasteiger partial charge in [-0.1, -0.05) is 6.92 Å². The molecule has 1 saturated heterocycles. The van der Waals surface area contributed by atoms with Crippen LogP contribution < -0.4 is 11.1 Å². The van der Waals surface area contributed by atoms with Crippen LogP contribution in [0.3, 0.4) is 0 Å². The normalized spacial score (nSPS) is 33.5. The molecule has 3 N–H and O–H groups in total. The van der Waals surface area contributed by atoms with Gasteiger partial charge in [0.15, 0.2) is 0 Å². The van der Waals surface area contributed by atoms with Gasteiger partial charge in [-0.2, -0.15) is 0 Å². The Morgan fingerprint density at radius 1 is 1.71 bits per heavy atom. The maximum absolute atomic E-state index is 11.0. The number of carbonyl (C=O) groups is 1. The Balaban J connectivity index is 2.68. The molecule has 0 saturated carbocycles. The van der Waals surface area contributed by atoms with Crippen LogP contribution in [0.4, 0.5) is 0 Å². The van der Waals surface area contributed by atoms with Gasteiger partial charge in [-0.3, -0.25) is 4.79 Å². The molecule has 0 aromatic heterocycles. The second-order valence-corrected chi connectivity index (χ2v) is 4.42. The molecule has 82 valence electrons. The maximum Gasteiger partial charge on any atom is 0.219 e. The maximum atomic E-state index is 11.0. The van der Waals surface area contributed by atoms with Crippen LogP contribution in [-0.4, -0.2) is 42.5 Å². The zero-order valence-electron chi connectivity index (χ0n) is 9.34. The Morgan fingerprint density at radius 2 is 2.36 bits per heavy atom. The van der Waals surface area contributed by atoms with E-state index in [4.69, 9.17) is 5.73 Å². The summed E-state index contributed by atoms with van der Waals surface area (Å²) >= 11 is 0. The Morgan fingerprint density at radius 3 is 2.71 bits per heavy atom. The minimum Gasteiger partial charge on any atom is -0.370 e. The molecule has 4 heteroatoms. The van der Waals surface area contributed by atoms with Gasteiger partial charge in [-0.05, 0) is 26.9 Å². The van der Waals surface area contributed by atoms with E-state index >= 15 is 0 Å². The lowest BCUT2D eigenvalue weighted by molar-refractivity contribution is -0.119. The van der Waals surface area contributed by atoms with Crippen molar-refractivity contribution in [1.29, 1.82) is 0 Å². The summed E-state index contributed by atoms with van der Waals surface area (Å²) in [5, 5.41) is 3.41. The van der Waals surface area contributed by atoms with Crippen molar-refractivity contribution < 1.29 is 4.79 Å². The van der Waals surface area contributed by atoms with E-state index in [1.54, 1.807) is 0 Å². The van der Waals surface area contributed by atoms with Crippen molar-refractivity contribution in [3.05, 3.63) is 0 Å². The van der Waals surface area contributed by atoms with Crippen LogP contribution in [0.15, 0.2) is 0 Å². The number of hydrogen-bond donors (Lipinski definition) is 2. The first-order valence-electron chi connectivity index (χ1n) is 5.22. The van der Waals surface area contributed by atoms with Gasteiger partial charge in [0, 0.05) is 24.5 Å². The standard InChI is InChI=1S/C10H21N3O/c1-4-12-10(6-9(11)14)5-8(2)13(3)7-10/h8,12H,4-7H2,1-3H3,(H2,11,14). The lowest BCUT2D eigenvalue weighted by Crippen LogP contribution is -2.49. The molecule has 1 aliphatic rings. The molecule has 14 heavy (non-hydrogen) atoms.